The maximum absolute atomic E-state index is 12.0. The molecule has 19 heavy (non-hydrogen) atoms. The van der Waals surface area contributed by atoms with Crippen LogP contribution in [0.1, 0.15) is 25.7 Å². The van der Waals surface area contributed by atoms with Gasteiger partial charge in [-0.1, -0.05) is 0 Å². The Kier molecular flexibility index (Phi) is 8.04. The molecule has 0 N–H and O–H groups in total. The van der Waals surface area contributed by atoms with Crippen molar-refractivity contribution >= 4 is 19.2 Å². The average molecular weight is 403 g/mol. The van der Waals surface area contributed by atoms with Gasteiger partial charge < -0.3 is 0 Å². The van der Waals surface area contributed by atoms with Crippen molar-refractivity contribution in [3.8, 4) is 0 Å². The van der Waals surface area contributed by atoms with Crippen molar-refractivity contribution in [2.45, 2.75) is 46.9 Å². The van der Waals surface area contributed by atoms with E-state index in [4.69, 9.17) is 6.15 Å². The third kappa shape index (κ3) is 9.78. The first-order chi connectivity index (χ1) is 8.54. The zero-order valence-corrected chi connectivity index (χ0v) is 13.7. The summed E-state index contributed by atoms with van der Waals surface area (Å²) in [6.07, 6.45) is -10.8. The minimum absolute atomic E-state index is 0.110. The summed E-state index contributed by atoms with van der Waals surface area (Å²) in [6.45, 7) is 0. The molecule has 2 nitrogen and oxygen atoms in total. The minimum atomic E-state index is -4.26. The molecular weight excluding hydrogens is 385 g/mol. The molecule has 0 aliphatic heterocycles. The van der Waals surface area contributed by atoms with Gasteiger partial charge in [0.25, 0.3) is 0 Å². The normalized spacial score (nSPS) is 13.9. The average Bonchev–Trinajstić information content (AvgIpc) is 2.24. The summed E-state index contributed by atoms with van der Waals surface area (Å²) in [5, 5.41) is 0. The standard InChI is InChI=1S/2C4H6F3.2CH3O.Sn/c2*1-2-3-4(5,6)7;2*1-2;/h2*1-3H2;2*1H3;/q;;2*-1;+2. The van der Waals surface area contributed by atoms with Gasteiger partial charge in [0.2, 0.25) is 0 Å². The molecule has 0 rings (SSSR count). The Morgan fingerprint density at radius 3 is 1.26 bits per heavy atom. The maximum atomic E-state index is 12.0. The van der Waals surface area contributed by atoms with Crippen molar-refractivity contribution in [3.05, 3.63) is 0 Å². The van der Waals surface area contributed by atoms with Crippen LogP contribution < -0.4 is 0 Å². The molecular formula is C10H18F6O2Sn. The summed E-state index contributed by atoms with van der Waals surface area (Å²) in [5.41, 5.74) is 0. The zero-order chi connectivity index (χ0) is 15.2. The van der Waals surface area contributed by atoms with Gasteiger partial charge in [0.1, 0.15) is 0 Å². The molecule has 0 aromatic rings. The van der Waals surface area contributed by atoms with Crippen LogP contribution in [0.3, 0.4) is 0 Å². The van der Waals surface area contributed by atoms with E-state index in [1.807, 2.05) is 0 Å². The number of alkyl halides is 6. The van der Waals surface area contributed by atoms with Crippen LogP contribution in [0.2, 0.25) is 8.87 Å². The monoisotopic (exact) mass is 404 g/mol. The topological polar surface area (TPSA) is 18.5 Å². The Morgan fingerprint density at radius 1 is 0.737 bits per heavy atom. The van der Waals surface area contributed by atoms with Crippen LogP contribution >= 0.6 is 0 Å². The predicted octanol–water partition coefficient (Wildman–Crippen LogP) is 4.41. The second-order valence-electron chi connectivity index (χ2n) is 4.26. The summed E-state index contributed by atoms with van der Waals surface area (Å²) in [6, 6.07) is 0. The van der Waals surface area contributed by atoms with Crippen molar-refractivity contribution in [2.24, 2.45) is 0 Å². The second kappa shape index (κ2) is 7.92. The third-order valence-electron chi connectivity index (χ3n) is 2.78. The fourth-order valence-corrected chi connectivity index (χ4v) is 9.34. The van der Waals surface area contributed by atoms with Gasteiger partial charge in [-0.3, -0.25) is 0 Å². The fraction of sp³-hybridized carbons (Fsp3) is 1.00. The molecule has 0 saturated carbocycles. The molecule has 0 spiro atoms. The summed E-state index contributed by atoms with van der Waals surface area (Å²) < 4.78 is 82.8. The molecule has 0 aliphatic carbocycles. The van der Waals surface area contributed by atoms with Gasteiger partial charge in [0.05, 0.1) is 0 Å². The van der Waals surface area contributed by atoms with Gasteiger partial charge >= 0.3 is 113 Å². The Labute approximate surface area is 113 Å². The summed E-state index contributed by atoms with van der Waals surface area (Å²) >= 11 is -3.74. The number of hydrogen-bond acceptors (Lipinski definition) is 2. The van der Waals surface area contributed by atoms with E-state index < -0.39 is 44.4 Å². The SMILES string of the molecule is C[O][Sn]([CH2]CCC(F)(F)F)([CH2]CCC(F)(F)F)[O]C. The van der Waals surface area contributed by atoms with Crippen LogP contribution in [0.4, 0.5) is 26.3 Å². The van der Waals surface area contributed by atoms with Crippen LogP contribution in [0.5, 0.6) is 0 Å². The fourth-order valence-electron chi connectivity index (χ4n) is 1.73. The summed E-state index contributed by atoms with van der Waals surface area (Å²) in [4.78, 5) is 0. The molecule has 0 bridgehead atoms. The van der Waals surface area contributed by atoms with Crippen molar-refractivity contribution in [3.63, 3.8) is 0 Å². The Balaban J connectivity index is 4.26. The zero-order valence-electron chi connectivity index (χ0n) is 10.8. The summed E-state index contributed by atoms with van der Waals surface area (Å²) in [5.74, 6) is 0. The van der Waals surface area contributed by atoms with Gasteiger partial charge in [0.15, 0.2) is 0 Å². The van der Waals surface area contributed by atoms with Gasteiger partial charge in [0, 0.05) is 0 Å². The van der Waals surface area contributed by atoms with E-state index in [0.717, 1.165) is 0 Å². The van der Waals surface area contributed by atoms with E-state index >= 15 is 0 Å². The molecule has 0 heterocycles. The molecule has 0 fully saturated rings. The van der Waals surface area contributed by atoms with Crippen LogP contribution in [0.25, 0.3) is 0 Å². The van der Waals surface area contributed by atoms with Gasteiger partial charge in [-0.05, 0) is 0 Å². The third-order valence-corrected chi connectivity index (χ3v) is 13.4. The van der Waals surface area contributed by atoms with Crippen LogP contribution in [0.15, 0.2) is 0 Å². The predicted molar refractivity (Wildman–Crippen MR) is 60.0 cm³/mol. The quantitative estimate of drug-likeness (QED) is 0.442. The van der Waals surface area contributed by atoms with Gasteiger partial charge in [-0.2, -0.15) is 0 Å². The number of rotatable bonds is 8. The van der Waals surface area contributed by atoms with Crippen molar-refractivity contribution in [1.82, 2.24) is 0 Å². The Bertz CT molecular complexity index is 227. The molecule has 0 aromatic carbocycles. The van der Waals surface area contributed by atoms with E-state index in [2.05, 4.69) is 0 Å². The van der Waals surface area contributed by atoms with Gasteiger partial charge in [-0.15, -0.1) is 0 Å². The molecule has 0 unspecified atom stereocenters. The Hall–Kier alpha value is 0.299. The summed E-state index contributed by atoms with van der Waals surface area (Å²) in [7, 11) is 2.61. The molecule has 116 valence electrons. The number of halogens is 6. The molecule has 0 saturated heterocycles. The van der Waals surface area contributed by atoms with Crippen LogP contribution in [0, 0.1) is 0 Å². The van der Waals surface area contributed by atoms with E-state index in [0.29, 0.717) is 0 Å². The molecule has 0 radical (unpaired) electrons. The molecule has 0 amide bonds. The van der Waals surface area contributed by atoms with E-state index in [-0.39, 0.29) is 21.7 Å². The molecule has 0 aliphatic rings. The van der Waals surface area contributed by atoms with Crippen molar-refractivity contribution in [2.75, 3.05) is 14.2 Å². The molecule has 0 atom stereocenters. The van der Waals surface area contributed by atoms with Crippen LogP contribution in [-0.2, 0) is 6.15 Å². The van der Waals surface area contributed by atoms with Crippen molar-refractivity contribution < 1.29 is 32.5 Å². The molecule has 0 aromatic heterocycles. The number of hydrogen-bond donors (Lipinski definition) is 0. The molecule has 9 heteroatoms. The first-order valence-corrected chi connectivity index (χ1v) is 12.1. The van der Waals surface area contributed by atoms with Crippen molar-refractivity contribution in [1.29, 1.82) is 0 Å². The van der Waals surface area contributed by atoms with E-state index in [1.165, 1.54) is 14.2 Å². The first-order valence-electron chi connectivity index (χ1n) is 5.77. The van der Waals surface area contributed by atoms with Crippen LogP contribution in [-0.4, -0.2) is 45.8 Å². The second-order valence-corrected chi connectivity index (χ2v) is 14.6. The first kappa shape index (κ1) is 19.3. The Morgan fingerprint density at radius 2 is 1.05 bits per heavy atom. The van der Waals surface area contributed by atoms with Gasteiger partial charge in [-0.25, -0.2) is 0 Å². The van der Waals surface area contributed by atoms with E-state index in [9.17, 15) is 26.3 Å². The van der Waals surface area contributed by atoms with E-state index in [1.54, 1.807) is 0 Å².